The molecule has 0 aromatic carbocycles. The van der Waals surface area contributed by atoms with Crippen molar-refractivity contribution in [3.63, 3.8) is 0 Å². The Morgan fingerprint density at radius 2 is 1.92 bits per heavy atom. The second-order valence-corrected chi connectivity index (χ2v) is 3.21. The maximum atomic E-state index is 10.5. The van der Waals surface area contributed by atoms with Crippen LogP contribution in [0.15, 0.2) is 0 Å². The van der Waals surface area contributed by atoms with E-state index in [-0.39, 0.29) is 12.5 Å². The van der Waals surface area contributed by atoms with E-state index in [1.54, 1.807) is 19.0 Å². The first-order valence-corrected chi connectivity index (χ1v) is 3.97. The fourth-order valence-corrected chi connectivity index (χ4v) is 0.832. The van der Waals surface area contributed by atoms with Crippen molar-refractivity contribution in [2.75, 3.05) is 14.1 Å². The highest BCUT2D eigenvalue weighted by atomic mass is 16.3. The smallest absolute Gasteiger partial charge is 0.137 e. The molecule has 0 aliphatic heterocycles. The van der Waals surface area contributed by atoms with E-state index < -0.39 is 12.2 Å². The molecule has 0 bridgehead atoms. The van der Waals surface area contributed by atoms with Crippen LogP contribution in [0.3, 0.4) is 0 Å². The van der Waals surface area contributed by atoms with Gasteiger partial charge in [-0.3, -0.25) is 4.90 Å². The number of carbonyl (C=O) groups is 1. The van der Waals surface area contributed by atoms with Crippen molar-refractivity contribution in [1.82, 2.24) is 4.90 Å². The van der Waals surface area contributed by atoms with E-state index in [4.69, 9.17) is 5.11 Å². The van der Waals surface area contributed by atoms with Crippen LogP contribution in [-0.4, -0.2) is 53.7 Å². The second kappa shape index (κ2) is 5.24. The normalized spacial score (nSPS) is 18.8. The molecular formula is C8H17NO3. The van der Waals surface area contributed by atoms with Crippen molar-refractivity contribution in [3.05, 3.63) is 0 Å². The monoisotopic (exact) mass is 175 g/mol. The summed E-state index contributed by atoms with van der Waals surface area (Å²) in [7, 11) is 3.52. The Hall–Kier alpha value is -0.450. The Balaban J connectivity index is 3.93. The predicted molar refractivity (Wildman–Crippen MR) is 45.8 cm³/mol. The zero-order valence-electron chi connectivity index (χ0n) is 7.77. The van der Waals surface area contributed by atoms with E-state index in [2.05, 4.69) is 0 Å². The number of likely N-dealkylation sites (N-methyl/N-ethyl adjacent to an activating group) is 1. The Kier molecular flexibility index (Phi) is 5.04. The quantitative estimate of drug-likeness (QED) is 0.540. The van der Waals surface area contributed by atoms with Gasteiger partial charge >= 0.3 is 0 Å². The molecule has 0 heterocycles. The van der Waals surface area contributed by atoms with Gasteiger partial charge in [-0.15, -0.1) is 0 Å². The van der Waals surface area contributed by atoms with Gasteiger partial charge < -0.3 is 15.0 Å². The van der Waals surface area contributed by atoms with Crippen molar-refractivity contribution < 1.29 is 15.0 Å². The van der Waals surface area contributed by atoms with Gasteiger partial charge in [-0.2, -0.15) is 0 Å². The van der Waals surface area contributed by atoms with Crippen molar-refractivity contribution in [2.45, 2.75) is 31.6 Å². The molecule has 0 amide bonds. The van der Waals surface area contributed by atoms with Crippen LogP contribution in [0.4, 0.5) is 0 Å². The summed E-state index contributed by atoms with van der Waals surface area (Å²) in [4.78, 5) is 12.2. The lowest BCUT2D eigenvalue weighted by molar-refractivity contribution is -0.113. The molecule has 0 aliphatic rings. The van der Waals surface area contributed by atoms with Crippen LogP contribution >= 0.6 is 0 Å². The van der Waals surface area contributed by atoms with Gasteiger partial charge in [0.25, 0.3) is 0 Å². The van der Waals surface area contributed by atoms with E-state index >= 15 is 0 Å². The van der Waals surface area contributed by atoms with Gasteiger partial charge in [0.15, 0.2) is 0 Å². The summed E-state index contributed by atoms with van der Waals surface area (Å²) in [6, 6.07) is -0.324. The Morgan fingerprint density at radius 3 is 2.17 bits per heavy atom. The SMILES string of the molecule is C[C@H](O)[C@@H](O)C[C@H](C=O)N(C)C. The molecule has 0 fully saturated rings. The number of rotatable bonds is 5. The summed E-state index contributed by atoms with van der Waals surface area (Å²) in [5, 5.41) is 18.2. The van der Waals surface area contributed by atoms with Gasteiger partial charge in [0.2, 0.25) is 0 Å². The second-order valence-electron chi connectivity index (χ2n) is 3.21. The van der Waals surface area contributed by atoms with E-state index in [0.717, 1.165) is 6.29 Å². The number of hydrogen-bond donors (Lipinski definition) is 2. The number of aliphatic hydroxyl groups is 2. The van der Waals surface area contributed by atoms with Crippen molar-refractivity contribution in [1.29, 1.82) is 0 Å². The zero-order chi connectivity index (χ0) is 9.72. The van der Waals surface area contributed by atoms with Crippen LogP contribution in [0.2, 0.25) is 0 Å². The summed E-state index contributed by atoms with van der Waals surface area (Å²) in [6.45, 7) is 1.50. The van der Waals surface area contributed by atoms with Crippen molar-refractivity contribution in [3.8, 4) is 0 Å². The Bertz CT molecular complexity index is 136. The third kappa shape index (κ3) is 3.80. The van der Waals surface area contributed by atoms with E-state index in [1.807, 2.05) is 0 Å². The van der Waals surface area contributed by atoms with Crippen LogP contribution in [0.5, 0.6) is 0 Å². The minimum absolute atomic E-state index is 0.272. The minimum Gasteiger partial charge on any atom is -0.391 e. The third-order valence-electron chi connectivity index (χ3n) is 1.86. The molecular weight excluding hydrogens is 158 g/mol. The van der Waals surface area contributed by atoms with Gasteiger partial charge in [0, 0.05) is 0 Å². The van der Waals surface area contributed by atoms with Crippen LogP contribution in [0.1, 0.15) is 13.3 Å². The lowest BCUT2D eigenvalue weighted by Crippen LogP contribution is -2.36. The molecule has 72 valence electrons. The van der Waals surface area contributed by atoms with Gasteiger partial charge in [-0.05, 0) is 27.4 Å². The third-order valence-corrected chi connectivity index (χ3v) is 1.86. The lowest BCUT2D eigenvalue weighted by atomic mass is 10.1. The molecule has 0 aromatic heterocycles. The average molecular weight is 175 g/mol. The highest BCUT2D eigenvalue weighted by Crippen LogP contribution is 2.04. The van der Waals surface area contributed by atoms with Crippen molar-refractivity contribution >= 4 is 6.29 Å². The molecule has 0 aromatic rings. The summed E-state index contributed by atoms with van der Waals surface area (Å²) in [6.07, 6.45) is -0.574. The highest BCUT2D eigenvalue weighted by molar-refractivity contribution is 5.57. The average Bonchev–Trinajstić information content (AvgIpc) is 1.98. The standard InChI is InChI=1S/C8H17NO3/c1-6(11)8(12)4-7(5-10)9(2)3/h5-8,11-12H,4H2,1-3H3/t6-,7+,8-/m0/s1. The molecule has 4 heteroatoms. The molecule has 0 rings (SSSR count). The van der Waals surface area contributed by atoms with Crippen LogP contribution < -0.4 is 0 Å². The molecule has 0 radical (unpaired) electrons. The van der Waals surface area contributed by atoms with E-state index in [0.29, 0.717) is 0 Å². The summed E-state index contributed by atoms with van der Waals surface area (Å²) < 4.78 is 0. The topological polar surface area (TPSA) is 60.8 Å². The molecule has 4 nitrogen and oxygen atoms in total. The molecule has 12 heavy (non-hydrogen) atoms. The highest BCUT2D eigenvalue weighted by Gasteiger charge is 2.18. The summed E-state index contributed by atoms with van der Waals surface area (Å²) >= 11 is 0. The van der Waals surface area contributed by atoms with Gasteiger partial charge in [0.1, 0.15) is 6.29 Å². The number of carbonyl (C=O) groups excluding carboxylic acids is 1. The fraction of sp³-hybridized carbons (Fsp3) is 0.875. The summed E-state index contributed by atoms with van der Waals surface area (Å²) in [5.41, 5.74) is 0. The number of nitrogens with zero attached hydrogens (tertiary/aromatic N) is 1. The molecule has 0 spiro atoms. The Labute approximate surface area is 72.8 Å². The Morgan fingerprint density at radius 1 is 1.42 bits per heavy atom. The van der Waals surface area contributed by atoms with Crippen LogP contribution in [0.25, 0.3) is 0 Å². The number of aliphatic hydroxyl groups excluding tert-OH is 2. The first-order valence-electron chi connectivity index (χ1n) is 3.97. The summed E-state index contributed by atoms with van der Waals surface area (Å²) in [5.74, 6) is 0. The first kappa shape index (κ1) is 11.6. The minimum atomic E-state index is -0.831. The predicted octanol–water partition coefficient (Wildman–Crippen LogP) is -0.753. The van der Waals surface area contributed by atoms with Crippen molar-refractivity contribution in [2.24, 2.45) is 0 Å². The van der Waals surface area contributed by atoms with Crippen LogP contribution in [0, 0.1) is 0 Å². The van der Waals surface area contributed by atoms with Gasteiger partial charge in [0.05, 0.1) is 18.2 Å². The van der Waals surface area contributed by atoms with Crippen LogP contribution in [-0.2, 0) is 4.79 Å². The number of hydrogen-bond acceptors (Lipinski definition) is 4. The lowest BCUT2D eigenvalue weighted by Gasteiger charge is -2.22. The zero-order valence-corrected chi connectivity index (χ0v) is 7.77. The number of aldehydes is 1. The largest absolute Gasteiger partial charge is 0.391 e. The molecule has 0 saturated carbocycles. The first-order chi connectivity index (χ1) is 5.49. The van der Waals surface area contributed by atoms with E-state index in [1.165, 1.54) is 6.92 Å². The molecule has 0 aliphatic carbocycles. The fourth-order valence-electron chi connectivity index (χ4n) is 0.832. The maximum absolute atomic E-state index is 10.5. The van der Waals surface area contributed by atoms with Gasteiger partial charge in [-0.1, -0.05) is 0 Å². The maximum Gasteiger partial charge on any atom is 0.137 e. The molecule has 2 N–H and O–H groups in total. The molecule has 3 atom stereocenters. The molecule has 0 unspecified atom stereocenters. The molecule has 0 saturated heterocycles. The van der Waals surface area contributed by atoms with Gasteiger partial charge in [-0.25, -0.2) is 0 Å². The van der Waals surface area contributed by atoms with E-state index in [9.17, 15) is 9.90 Å².